The minimum Gasteiger partial charge on any atom is -0.481 e. The lowest BCUT2D eigenvalue weighted by Crippen LogP contribution is -2.09. The Morgan fingerprint density at radius 1 is 1.41 bits per heavy atom. The largest absolute Gasteiger partial charge is 0.481 e. The van der Waals surface area contributed by atoms with Gasteiger partial charge in [0.2, 0.25) is 0 Å². The summed E-state index contributed by atoms with van der Waals surface area (Å²) in [6.07, 6.45) is -0.0584. The lowest BCUT2D eigenvalue weighted by Gasteiger charge is -2.07. The number of hydrogen-bond acceptors (Lipinski definition) is 3. The first-order chi connectivity index (χ1) is 8.04. The van der Waals surface area contributed by atoms with Gasteiger partial charge in [-0.3, -0.25) is 4.79 Å². The number of rotatable bonds is 5. The normalized spacial score (nSPS) is 10.0. The maximum absolute atomic E-state index is 13.0. The predicted molar refractivity (Wildman–Crippen MR) is 58.3 cm³/mol. The molecule has 0 aromatic heterocycles. The van der Waals surface area contributed by atoms with E-state index < -0.39 is 17.8 Å². The summed E-state index contributed by atoms with van der Waals surface area (Å²) in [5.74, 6) is -2.06. The number of carboxylic acid groups (broad SMARTS) is 1. The van der Waals surface area contributed by atoms with Gasteiger partial charge in [-0.25, -0.2) is 9.18 Å². The Labute approximate surface area is 98.0 Å². The Balaban J connectivity index is 2.94. The van der Waals surface area contributed by atoms with Gasteiger partial charge in [-0.15, -0.1) is 0 Å². The lowest BCUT2D eigenvalue weighted by molar-refractivity contribution is -0.136. The van der Waals surface area contributed by atoms with E-state index in [0.717, 1.165) is 12.1 Å². The first-order valence-electron chi connectivity index (χ1n) is 5.22. The molecule has 1 rings (SSSR count). The third-order valence-electron chi connectivity index (χ3n) is 2.17. The number of hydrogen-bond donors (Lipinski definition) is 1. The SMILES string of the molecule is CCOC(=O)c1ccc(F)cc1CCC(=O)O. The van der Waals surface area contributed by atoms with E-state index in [4.69, 9.17) is 9.84 Å². The van der Waals surface area contributed by atoms with Crippen molar-refractivity contribution in [2.24, 2.45) is 0 Å². The first-order valence-corrected chi connectivity index (χ1v) is 5.22. The molecule has 0 amide bonds. The van der Waals surface area contributed by atoms with E-state index in [1.165, 1.54) is 6.07 Å². The van der Waals surface area contributed by atoms with Crippen LogP contribution in [0.3, 0.4) is 0 Å². The second-order valence-corrected chi connectivity index (χ2v) is 3.42. The van der Waals surface area contributed by atoms with Crippen LogP contribution in [0.2, 0.25) is 0 Å². The van der Waals surface area contributed by atoms with Gasteiger partial charge in [-0.1, -0.05) is 0 Å². The van der Waals surface area contributed by atoms with Crippen molar-refractivity contribution in [2.75, 3.05) is 6.61 Å². The highest BCUT2D eigenvalue weighted by atomic mass is 19.1. The number of ether oxygens (including phenoxy) is 1. The molecule has 0 saturated heterocycles. The van der Waals surface area contributed by atoms with E-state index in [1.54, 1.807) is 6.92 Å². The number of esters is 1. The summed E-state index contributed by atoms with van der Waals surface area (Å²) in [6.45, 7) is 1.88. The van der Waals surface area contributed by atoms with Crippen LogP contribution in [0.25, 0.3) is 0 Å². The van der Waals surface area contributed by atoms with E-state index in [0.29, 0.717) is 5.56 Å². The van der Waals surface area contributed by atoms with Gasteiger partial charge in [-0.2, -0.15) is 0 Å². The van der Waals surface area contributed by atoms with Crippen molar-refractivity contribution in [1.29, 1.82) is 0 Å². The van der Waals surface area contributed by atoms with Gasteiger partial charge >= 0.3 is 11.9 Å². The zero-order chi connectivity index (χ0) is 12.8. The molecule has 0 spiro atoms. The topological polar surface area (TPSA) is 63.6 Å². The average Bonchev–Trinajstić information content (AvgIpc) is 2.26. The molecule has 0 aliphatic carbocycles. The molecule has 0 atom stereocenters. The van der Waals surface area contributed by atoms with Crippen LogP contribution in [-0.4, -0.2) is 23.7 Å². The fourth-order valence-corrected chi connectivity index (χ4v) is 1.42. The molecule has 0 unspecified atom stereocenters. The second-order valence-electron chi connectivity index (χ2n) is 3.42. The van der Waals surface area contributed by atoms with Crippen LogP contribution >= 0.6 is 0 Å². The molecule has 0 fully saturated rings. The molecule has 0 radical (unpaired) electrons. The number of aliphatic carboxylic acids is 1. The van der Waals surface area contributed by atoms with E-state index >= 15 is 0 Å². The molecule has 1 aromatic rings. The van der Waals surface area contributed by atoms with Gasteiger partial charge in [0.05, 0.1) is 12.2 Å². The number of carboxylic acids is 1. The molecule has 1 N–H and O–H groups in total. The van der Waals surface area contributed by atoms with E-state index in [9.17, 15) is 14.0 Å². The fourth-order valence-electron chi connectivity index (χ4n) is 1.42. The standard InChI is InChI=1S/C12H13FO4/c1-2-17-12(16)10-5-4-9(13)7-8(10)3-6-11(14)15/h4-5,7H,2-3,6H2,1H3,(H,14,15). The maximum atomic E-state index is 13.0. The van der Waals surface area contributed by atoms with Crippen LogP contribution in [0.4, 0.5) is 4.39 Å². The predicted octanol–water partition coefficient (Wildman–Crippen LogP) is 2.02. The molecule has 0 aliphatic rings. The number of carbonyl (C=O) groups is 2. The summed E-state index contributed by atoms with van der Waals surface area (Å²) in [6, 6.07) is 3.62. The highest BCUT2D eigenvalue weighted by Crippen LogP contribution is 2.15. The van der Waals surface area contributed by atoms with E-state index in [-0.39, 0.29) is 25.0 Å². The smallest absolute Gasteiger partial charge is 0.338 e. The van der Waals surface area contributed by atoms with E-state index in [1.807, 2.05) is 0 Å². The van der Waals surface area contributed by atoms with Crippen molar-refractivity contribution in [1.82, 2.24) is 0 Å². The van der Waals surface area contributed by atoms with Gasteiger partial charge in [0, 0.05) is 6.42 Å². The third-order valence-corrected chi connectivity index (χ3v) is 2.17. The van der Waals surface area contributed by atoms with Crippen molar-refractivity contribution in [3.63, 3.8) is 0 Å². The summed E-state index contributed by atoms with van der Waals surface area (Å²) in [7, 11) is 0. The minimum absolute atomic E-state index is 0.0985. The highest BCUT2D eigenvalue weighted by molar-refractivity contribution is 5.91. The number of benzene rings is 1. The Morgan fingerprint density at radius 3 is 2.71 bits per heavy atom. The van der Waals surface area contributed by atoms with Crippen LogP contribution < -0.4 is 0 Å². The summed E-state index contributed by atoms with van der Waals surface area (Å²) < 4.78 is 17.8. The third kappa shape index (κ3) is 3.86. The van der Waals surface area contributed by atoms with Crippen molar-refractivity contribution in [3.8, 4) is 0 Å². The Bertz CT molecular complexity index is 429. The number of carbonyl (C=O) groups excluding carboxylic acids is 1. The average molecular weight is 240 g/mol. The minimum atomic E-state index is -0.996. The van der Waals surface area contributed by atoms with Crippen molar-refractivity contribution < 1.29 is 23.8 Å². The molecule has 0 heterocycles. The van der Waals surface area contributed by atoms with Crippen LogP contribution in [0.15, 0.2) is 18.2 Å². The molecule has 0 bridgehead atoms. The molecule has 4 nitrogen and oxygen atoms in total. The Kier molecular flexibility index (Phi) is 4.63. The van der Waals surface area contributed by atoms with Gasteiger partial charge in [-0.05, 0) is 37.1 Å². The van der Waals surface area contributed by atoms with Crippen molar-refractivity contribution >= 4 is 11.9 Å². The zero-order valence-corrected chi connectivity index (χ0v) is 9.40. The molecule has 1 aromatic carbocycles. The molecule has 0 saturated carbocycles. The summed E-state index contributed by atoms with van der Waals surface area (Å²) in [4.78, 5) is 22.0. The maximum Gasteiger partial charge on any atom is 0.338 e. The molecule has 17 heavy (non-hydrogen) atoms. The van der Waals surface area contributed by atoms with Crippen molar-refractivity contribution in [2.45, 2.75) is 19.8 Å². The second kappa shape index (κ2) is 5.98. The van der Waals surface area contributed by atoms with Crippen LogP contribution in [0.5, 0.6) is 0 Å². The number of halogens is 1. The lowest BCUT2D eigenvalue weighted by atomic mass is 10.0. The summed E-state index contributed by atoms with van der Waals surface area (Å²) in [5.41, 5.74) is 0.570. The molecule has 5 heteroatoms. The van der Waals surface area contributed by atoms with Crippen molar-refractivity contribution in [3.05, 3.63) is 35.1 Å². The quantitative estimate of drug-likeness (QED) is 0.800. The van der Waals surface area contributed by atoms with Gasteiger partial charge < -0.3 is 9.84 Å². The van der Waals surface area contributed by atoms with Crippen LogP contribution in [0, 0.1) is 5.82 Å². The highest BCUT2D eigenvalue weighted by Gasteiger charge is 2.14. The summed E-state index contributed by atoms with van der Waals surface area (Å²) >= 11 is 0. The molecular weight excluding hydrogens is 227 g/mol. The zero-order valence-electron chi connectivity index (χ0n) is 9.40. The van der Waals surface area contributed by atoms with E-state index in [2.05, 4.69) is 0 Å². The van der Waals surface area contributed by atoms with Gasteiger partial charge in [0.1, 0.15) is 5.82 Å². The van der Waals surface area contributed by atoms with Crippen LogP contribution in [0.1, 0.15) is 29.3 Å². The molecular formula is C12H13FO4. The Morgan fingerprint density at radius 2 is 2.12 bits per heavy atom. The fraction of sp³-hybridized carbons (Fsp3) is 0.333. The summed E-state index contributed by atoms with van der Waals surface area (Å²) in [5, 5.41) is 8.57. The van der Waals surface area contributed by atoms with Crippen LogP contribution in [-0.2, 0) is 16.0 Å². The molecule has 0 aliphatic heterocycles. The van der Waals surface area contributed by atoms with Gasteiger partial charge in [0.25, 0.3) is 0 Å². The van der Waals surface area contributed by atoms with Gasteiger partial charge in [0.15, 0.2) is 0 Å². The number of aryl methyl sites for hydroxylation is 1. The first kappa shape index (κ1) is 13.2. The molecule has 92 valence electrons. The monoisotopic (exact) mass is 240 g/mol. The Hall–Kier alpha value is -1.91.